The van der Waals surface area contributed by atoms with Gasteiger partial charge < -0.3 is 36.4 Å². The van der Waals surface area contributed by atoms with Gasteiger partial charge in [-0.3, -0.25) is 43.8 Å². The van der Waals surface area contributed by atoms with Gasteiger partial charge in [0, 0.05) is 76.5 Å². The van der Waals surface area contributed by atoms with Gasteiger partial charge in [-0.15, -0.1) is 0 Å². The molecule has 6 N–H and O–H groups in total. The molecule has 3 heterocycles. The first-order chi connectivity index (χ1) is 31.8. The summed E-state index contributed by atoms with van der Waals surface area (Å²) < 4.78 is 0. The monoisotopic (exact) mass is 900 g/mol. The van der Waals surface area contributed by atoms with Gasteiger partial charge in [0.15, 0.2) is 0 Å². The molecule has 1 saturated heterocycles. The molecule has 0 bridgehead atoms. The molecular weight excluding hydrogens is 845 g/mol. The average Bonchev–Trinajstić information content (AvgIpc) is 3.56. The van der Waals surface area contributed by atoms with E-state index >= 15 is 0 Å². The number of aromatic nitrogens is 2. The summed E-state index contributed by atoms with van der Waals surface area (Å²) in [5.41, 5.74) is 2.62. The summed E-state index contributed by atoms with van der Waals surface area (Å²) in [6.45, 7) is 6.54. The van der Waals surface area contributed by atoms with Crippen LogP contribution in [0.15, 0.2) is 60.8 Å². The molecule has 0 saturated carbocycles. The average molecular weight is 901 g/mol. The lowest BCUT2D eigenvalue weighted by Crippen LogP contribution is -2.54. The van der Waals surface area contributed by atoms with E-state index in [4.69, 9.17) is 5.26 Å². The standard InChI is InChI=1S/C47H56N12O7/c1-5-23-51-42-33(30-53-47(56-42)54-34-18-16-32(29-48)17-19-34)12-7-6-8-24-52-43(63)31(2)58(4)40(62)15-10-27-57(3)28-11-25-50-38(60)22-26-49-36-14-9-13-35-41(36)46(66)59(45(35)65)37-20-21-39(61)55-44(37)64/h9-10,13-19,30-31,37,49H,5-6,8,11,20-28H2,1-4H3,(H,50,60)(H,52,63)(H,55,61,64)(H2,51,53,54,56). The Morgan fingerprint density at radius 1 is 0.985 bits per heavy atom. The smallest absolute Gasteiger partial charge is 0.264 e. The molecular formula is C47H56N12O7. The molecule has 66 heavy (non-hydrogen) atoms. The van der Waals surface area contributed by atoms with Crippen LogP contribution in [0.5, 0.6) is 0 Å². The number of carbonyl (C=O) groups excluding carboxylic acids is 7. The number of imide groups is 2. The van der Waals surface area contributed by atoms with Gasteiger partial charge in [-0.05, 0) is 82.6 Å². The molecule has 0 radical (unpaired) electrons. The van der Waals surface area contributed by atoms with Crippen LogP contribution in [-0.4, -0.2) is 131 Å². The molecule has 2 unspecified atom stereocenters. The Labute approximate surface area is 384 Å². The summed E-state index contributed by atoms with van der Waals surface area (Å²) in [7, 11) is 3.47. The van der Waals surface area contributed by atoms with Crippen molar-refractivity contribution >= 4 is 64.5 Å². The first-order valence-electron chi connectivity index (χ1n) is 21.9. The Balaban J connectivity index is 0.943. The zero-order chi connectivity index (χ0) is 47.6. The maximum Gasteiger partial charge on any atom is 0.264 e. The van der Waals surface area contributed by atoms with Gasteiger partial charge >= 0.3 is 0 Å². The second-order valence-corrected chi connectivity index (χ2v) is 15.7. The molecule has 3 aromatic rings. The Morgan fingerprint density at radius 2 is 1.76 bits per heavy atom. The van der Waals surface area contributed by atoms with Crippen molar-refractivity contribution in [1.29, 1.82) is 5.26 Å². The van der Waals surface area contributed by atoms with Crippen molar-refractivity contribution in [3.05, 3.63) is 83.1 Å². The van der Waals surface area contributed by atoms with Gasteiger partial charge in [0.25, 0.3) is 11.8 Å². The molecule has 0 aliphatic carbocycles. The van der Waals surface area contributed by atoms with Crippen LogP contribution in [0.1, 0.15) is 90.6 Å². The van der Waals surface area contributed by atoms with Crippen molar-refractivity contribution in [3.63, 3.8) is 0 Å². The van der Waals surface area contributed by atoms with Crippen molar-refractivity contribution < 1.29 is 33.6 Å². The third kappa shape index (κ3) is 13.7. The van der Waals surface area contributed by atoms with E-state index in [0.29, 0.717) is 80.6 Å². The number of hydrogen-bond donors (Lipinski definition) is 6. The van der Waals surface area contributed by atoms with Crippen LogP contribution >= 0.6 is 0 Å². The van der Waals surface area contributed by atoms with E-state index in [1.54, 1.807) is 62.6 Å². The SMILES string of the molecule is CCCNc1nc(Nc2ccc(C#N)cc2)ncc1C#CCCCNC(=O)C(C)N(C)C(=O)C=CCN(C)CCCNC(=O)CCNc1cccc2c1C(=O)N(C1CCC(=O)NC1=O)C2=O. The lowest BCUT2D eigenvalue weighted by atomic mass is 10.0. The Hall–Kier alpha value is -7.64. The molecule has 7 amide bonds. The number of piperidine rings is 1. The molecule has 0 spiro atoms. The zero-order valence-corrected chi connectivity index (χ0v) is 37.7. The number of fused-ring (bicyclic) bond motifs is 1. The quantitative estimate of drug-likeness (QED) is 0.0368. The minimum Gasteiger partial charge on any atom is -0.384 e. The highest BCUT2D eigenvalue weighted by Gasteiger charge is 2.45. The highest BCUT2D eigenvalue weighted by molar-refractivity contribution is 6.25. The number of rotatable bonds is 22. The molecule has 2 aromatic carbocycles. The van der Waals surface area contributed by atoms with Crippen molar-refractivity contribution in [2.45, 2.75) is 70.9 Å². The van der Waals surface area contributed by atoms with Crippen LogP contribution in [0.2, 0.25) is 0 Å². The fourth-order valence-electron chi connectivity index (χ4n) is 6.91. The van der Waals surface area contributed by atoms with Gasteiger partial charge in [-0.2, -0.15) is 10.2 Å². The minimum atomic E-state index is -1.07. The van der Waals surface area contributed by atoms with Crippen LogP contribution in [-0.2, 0) is 24.0 Å². The van der Waals surface area contributed by atoms with Gasteiger partial charge in [-0.1, -0.05) is 30.9 Å². The van der Waals surface area contributed by atoms with Crippen molar-refractivity contribution in [1.82, 2.24) is 40.6 Å². The molecule has 2 aliphatic rings. The van der Waals surface area contributed by atoms with Crippen molar-refractivity contribution in [2.24, 2.45) is 0 Å². The Morgan fingerprint density at radius 3 is 2.50 bits per heavy atom. The lowest BCUT2D eigenvalue weighted by molar-refractivity contribution is -0.136. The van der Waals surface area contributed by atoms with Crippen LogP contribution in [0.25, 0.3) is 0 Å². The van der Waals surface area contributed by atoms with Crippen LogP contribution < -0.4 is 31.9 Å². The Kier molecular flexibility index (Phi) is 18.3. The number of nitriles is 1. The molecule has 1 fully saturated rings. The van der Waals surface area contributed by atoms with E-state index in [2.05, 4.69) is 66.7 Å². The molecule has 2 aliphatic heterocycles. The van der Waals surface area contributed by atoms with E-state index in [1.165, 1.54) is 17.0 Å². The third-order valence-electron chi connectivity index (χ3n) is 10.8. The van der Waals surface area contributed by atoms with E-state index in [-0.39, 0.29) is 54.7 Å². The number of hydrogen-bond acceptors (Lipinski definition) is 14. The van der Waals surface area contributed by atoms with Gasteiger partial charge in [0.2, 0.25) is 35.5 Å². The summed E-state index contributed by atoms with van der Waals surface area (Å²) in [5, 5.41) is 26.5. The van der Waals surface area contributed by atoms with E-state index in [1.807, 2.05) is 11.9 Å². The van der Waals surface area contributed by atoms with Crippen LogP contribution in [0.3, 0.4) is 0 Å². The van der Waals surface area contributed by atoms with E-state index < -0.39 is 35.7 Å². The molecule has 1 aromatic heterocycles. The zero-order valence-electron chi connectivity index (χ0n) is 37.7. The highest BCUT2D eigenvalue weighted by Crippen LogP contribution is 2.32. The number of anilines is 4. The van der Waals surface area contributed by atoms with Crippen molar-refractivity contribution in [2.75, 3.05) is 69.3 Å². The topological polar surface area (TPSA) is 251 Å². The maximum absolute atomic E-state index is 13.3. The minimum absolute atomic E-state index is 0.0257. The summed E-state index contributed by atoms with van der Waals surface area (Å²) >= 11 is 0. The fourth-order valence-corrected chi connectivity index (χ4v) is 6.91. The van der Waals surface area contributed by atoms with E-state index in [0.717, 1.165) is 17.0 Å². The number of unbranched alkanes of at least 4 members (excludes halogenated alkanes) is 1. The largest absolute Gasteiger partial charge is 0.384 e. The molecule has 346 valence electrons. The molecule has 19 heteroatoms. The third-order valence-corrected chi connectivity index (χ3v) is 10.8. The Bertz CT molecular complexity index is 2420. The normalized spacial score (nSPS) is 14.7. The second-order valence-electron chi connectivity index (χ2n) is 15.7. The van der Waals surface area contributed by atoms with Gasteiger partial charge in [0.1, 0.15) is 17.9 Å². The predicted octanol–water partition coefficient (Wildman–Crippen LogP) is 2.91. The number of nitrogens with zero attached hydrogens (tertiary/aromatic N) is 6. The van der Waals surface area contributed by atoms with Gasteiger partial charge in [-0.25, -0.2) is 4.98 Å². The summed E-state index contributed by atoms with van der Waals surface area (Å²) in [5.74, 6) is 4.09. The number of amides is 7. The fraction of sp³-hybridized carbons (Fsp3) is 0.404. The second kappa shape index (κ2) is 24.4. The summed E-state index contributed by atoms with van der Waals surface area (Å²) in [6, 6.07) is 12.1. The number of benzene rings is 2. The summed E-state index contributed by atoms with van der Waals surface area (Å²) in [6.07, 6.45) is 7.67. The summed E-state index contributed by atoms with van der Waals surface area (Å²) in [4.78, 5) is 102. The molecule has 19 nitrogen and oxygen atoms in total. The molecule has 5 rings (SSSR count). The maximum atomic E-state index is 13.3. The van der Waals surface area contributed by atoms with Crippen molar-refractivity contribution in [3.8, 4) is 17.9 Å². The predicted molar refractivity (Wildman–Crippen MR) is 247 cm³/mol. The number of nitrogens with one attached hydrogen (secondary N) is 6. The van der Waals surface area contributed by atoms with E-state index in [9.17, 15) is 33.6 Å². The first kappa shape index (κ1) is 49.4. The van der Waals surface area contributed by atoms with Crippen LogP contribution in [0.4, 0.5) is 23.1 Å². The number of carbonyl (C=O) groups is 7. The number of likely N-dealkylation sites (N-methyl/N-ethyl adjacent to an activating group) is 2. The molecule has 2 atom stereocenters. The van der Waals surface area contributed by atoms with Gasteiger partial charge in [0.05, 0.1) is 34.5 Å². The lowest BCUT2D eigenvalue weighted by Gasteiger charge is -2.27. The first-order valence-corrected chi connectivity index (χ1v) is 21.9. The highest BCUT2D eigenvalue weighted by atomic mass is 16.2. The van der Waals surface area contributed by atoms with Crippen LogP contribution in [0, 0.1) is 23.2 Å².